The molecule has 0 radical (unpaired) electrons. The van der Waals surface area contributed by atoms with Crippen LogP contribution in [0.5, 0.6) is 12.0 Å². The Morgan fingerprint density at radius 2 is 1.68 bits per heavy atom. The molecule has 0 aliphatic rings. The highest BCUT2D eigenvalue weighted by molar-refractivity contribution is 7.96. The topological polar surface area (TPSA) is 69.2 Å². The van der Waals surface area contributed by atoms with Gasteiger partial charge in [-0.25, -0.2) is 9.11 Å². The van der Waals surface area contributed by atoms with Crippen LogP contribution in [0.15, 0.2) is 24.3 Å². The normalized spacial score (nSPS) is 11.3. The molecule has 1 atom stereocenters. The van der Waals surface area contributed by atoms with Crippen molar-refractivity contribution in [1.82, 2.24) is 15.0 Å². The van der Waals surface area contributed by atoms with Crippen molar-refractivity contribution < 1.29 is 26.3 Å². The second-order valence-corrected chi connectivity index (χ2v) is 5.86. The van der Waals surface area contributed by atoms with Gasteiger partial charge in [0.2, 0.25) is 0 Å². The Bertz CT molecular complexity index is 598. The molecule has 0 bridgehead atoms. The first-order chi connectivity index (χ1) is 10.1. The maximum absolute atomic E-state index is 13.6. The van der Waals surface area contributed by atoms with E-state index in [1.165, 1.54) is 20.3 Å². The summed E-state index contributed by atoms with van der Waals surface area (Å²) >= 11 is -0.357. The van der Waals surface area contributed by atoms with Crippen LogP contribution in [0.2, 0.25) is 0 Å². The van der Waals surface area contributed by atoms with Gasteiger partial charge in [-0.15, -0.1) is 4.98 Å². The molecule has 0 aliphatic carbocycles. The van der Waals surface area contributed by atoms with E-state index in [0.717, 1.165) is 0 Å². The summed E-state index contributed by atoms with van der Waals surface area (Å²) in [5.74, 6) is 0.736. The number of ether oxygens (including phenoxy) is 2. The fourth-order valence-corrected chi connectivity index (χ4v) is 2.72. The zero-order valence-corrected chi connectivity index (χ0v) is 13.9. The van der Waals surface area contributed by atoms with Crippen LogP contribution in [0.4, 0.5) is 10.1 Å². The molecule has 6 nitrogen and oxygen atoms in total. The highest BCUT2D eigenvalue weighted by atomic mass is 35.5. The van der Waals surface area contributed by atoms with Gasteiger partial charge in [-0.2, -0.15) is 9.97 Å². The van der Waals surface area contributed by atoms with E-state index >= 15 is 0 Å². The predicted molar refractivity (Wildman–Crippen MR) is 79.9 cm³/mol. The zero-order valence-electron chi connectivity index (χ0n) is 12.3. The number of halogens is 2. The van der Waals surface area contributed by atoms with E-state index in [2.05, 4.69) is 19.7 Å². The lowest BCUT2D eigenvalue weighted by atomic mass is 10.3. The van der Waals surface area contributed by atoms with Gasteiger partial charge in [0, 0.05) is 0 Å². The molecule has 120 valence electrons. The molecule has 1 aromatic heterocycles. The number of aromatic nitrogens is 3. The van der Waals surface area contributed by atoms with E-state index in [4.69, 9.17) is 9.47 Å². The number of nitrogens with zero attached hydrogens (tertiary/aromatic N) is 3. The zero-order chi connectivity index (χ0) is 15.2. The lowest BCUT2D eigenvalue weighted by molar-refractivity contribution is -0.00000637. The number of rotatable bonds is 6. The van der Waals surface area contributed by atoms with Crippen molar-refractivity contribution in [2.45, 2.75) is 5.75 Å². The van der Waals surface area contributed by atoms with Crippen LogP contribution < -0.4 is 26.6 Å². The molecule has 1 heterocycles. The Morgan fingerprint density at radius 3 is 2.23 bits per heavy atom. The van der Waals surface area contributed by atoms with Gasteiger partial charge in [0.25, 0.3) is 0 Å². The van der Waals surface area contributed by atoms with Gasteiger partial charge in [-0.1, -0.05) is 12.1 Å². The summed E-state index contributed by atoms with van der Waals surface area (Å²) in [7, 11) is 2.95. The largest absolute Gasteiger partial charge is 1.00 e. The third-order valence-corrected chi connectivity index (χ3v) is 3.77. The summed E-state index contributed by atoms with van der Waals surface area (Å²) in [6.45, 7) is 0. The van der Waals surface area contributed by atoms with Crippen LogP contribution in [-0.2, 0) is 16.8 Å². The minimum atomic E-state index is -0.357. The molecule has 9 heteroatoms. The Balaban J connectivity index is 0.00000242. The molecule has 2 rings (SSSR count). The minimum Gasteiger partial charge on any atom is -1.00 e. The highest BCUT2D eigenvalue weighted by Gasteiger charge is 2.19. The molecule has 1 unspecified atom stereocenters. The van der Waals surface area contributed by atoms with Crippen molar-refractivity contribution in [3.8, 4) is 12.0 Å². The van der Waals surface area contributed by atoms with Gasteiger partial charge in [0.05, 0.1) is 14.2 Å². The van der Waals surface area contributed by atoms with Gasteiger partial charge >= 0.3 is 12.0 Å². The van der Waals surface area contributed by atoms with E-state index < -0.39 is 0 Å². The van der Waals surface area contributed by atoms with Crippen molar-refractivity contribution >= 4 is 16.8 Å². The first-order valence-corrected chi connectivity index (χ1v) is 7.89. The summed E-state index contributed by atoms with van der Waals surface area (Å²) in [4.78, 5) is 12.2. The Kier molecular flexibility index (Phi) is 7.13. The SMILES string of the molecule is COc1nc(C[S+](C)Nc2ccccc2F)nc(OC)n1.[Cl-]. The number of nitrogens with one attached hydrogen (secondary N) is 1. The van der Waals surface area contributed by atoms with Crippen LogP contribution in [0.25, 0.3) is 0 Å². The van der Waals surface area contributed by atoms with Crippen molar-refractivity contribution in [2.24, 2.45) is 0 Å². The second-order valence-electron chi connectivity index (χ2n) is 4.09. The lowest BCUT2D eigenvalue weighted by Crippen LogP contribution is -3.00. The number of methoxy groups -OCH3 is 2. The maximum Gasteiger partial charge on any atom is 0.322 e. The summed E-state index contributed by atoms with van der Waals surface area (Å²) in [6.07, 6.45) is 1.94. The van der Waals surface area contributed by atoms with E-state index in [1.807, 2.05) is 6.26 Å². The highest BCUT2D eigenvalue weighted by Crippen LogP contribution is 2.17. The number of anilines is 1. The Labute approximate surface area is 137 Å². The van der Waals surface area contributed by atoms with Crippen LogP contribution in [0.3, 0.4) is 0 Å². The van der Waals surface area contributed by atoms with Gasteiger partial charge in [0.15, 0.2) is 17.4 Å². The van der Waals surface area contributed by atoms with Crippen LogP contribution in [0, 0.1) is 5.82 Å². The Morgan fingerprint density at radius 1 is 1.09 bits per heavy atom. The minimum absolute atomic E-state index is 0. The van der Waals surface area contributed by atoms with E-state index in [-0.39, 0.29) is 41.3 Å². The number of hydrogen-bond acceptors (Lipinski definition) is 6. The standard InChI is InChI=1S/C13H16FN4O2S.ClH/c1-19-12-15-11(16-13(17-12)20-2)8-21(3)18-10-7-5-4-6-9(10)14;/h4-7,18H,8H2,1-3H3;1H/q+1;/p-1. The second kappa shape index (κ2) is 8.60. The third-order valence-electron chi connectivity index (χ3n) is 2.51. The molecular weight excluding hydrogens is 331 g/mol. The van der Waals surface area contributed by atoms with E-state index in [1.54, 1.807) is 18.2 Å². The first-order valence-electron chi connectivity index (χ1n) is 6.09. The molecule has 2 aromatic rings. The molecule has 0 saturated carbocycles. The molecule has 1 N–H and O–H groups in total. The molecule has 0 aliphatic heterocycles. The molecule has 0 spiro atoms. The molecule has 0 saturated heterocycles. The van der Waals surface area contributed by atoms with Crippen molar-refractivity contribution in [3.05, 3.63) is 35.9 Å². The maximum atomic E-state index is 13.6. The lowest BCUT2D eigenvalue weighted by Gasteiger charge is -2.07. The van der Waals surface area contributed by atoms with Crippen LogP contribution in [-0.4, -0.2) is 35.4 Å². The number of benzene rings is 1. The van der Waals surface area contributed by atoms with E-state index in [9.17, 15) is 4.39 Å². The van der Waals surface area contributed by atoms with Crippen molar-refractivity contribution in [1.29, 1.82) is 0 Å². The average Bonchev–Trinajstić information content (AvgIpc) is 2.49. The fourth-order valence-electron chi connectivity index (χ4n) is 1.59. The molecule has 0 amide bonds. The van der Waals surface area contributed by atoms with Gasteiger partial charge in [-0.3, -0.25) is 0 Å². The van der Waals surface area contributed by atoms with Gasteiger partial charge in [-0.05, 0) is 12.1 Å². The predicted octanol–water partition coefficient (Wildman–Crippen LogP) is -1.19. The monoisotopic (exact) mass is 346 g/mol. The summed E-state index contributed by atoms with van der Waals surface area (Å²) in [5, 5.41) is 0. The molecule has 0 fully saturated rings. The molecule has 22 heavy (non-hydrogen) atoms. The van der Waals surface area contributed by atoms with Gasteiger partial charge in [0.1, 0.15) is 23.0 Å². The third kappa shape index (κ3) is 4.88. The van der Waals surface area contributed by atoms with Crippen molar-refractivity contribution in [3.63, 3.8) is 0 Å². The smallest absolute Gasteiger partial charge is 0.322 e. The van der Waals surface area contributed by atoms with E-state index in [0.29, 0.717) is 17.3 Å². The number of hydrogen-bond donors (Lipinski definition) is 1. The number of para-hydroxylation sites is 1. The van der Waals surface area contributed by atoms with Crippen LogP contribution in [0.1, 0.15) is 5.82 Å². The Hall–Kier alpha value is -1.80. The average molecular weight is 347 g/mol. The first kappa shape index (κ1) is 18.2. The van der Waals surface area contributed by atoms with Crippen LogP contribution >= 0.6 is 0 Å². The molecule has 1 aromatic carbocycles. The fraction of sp³-hybridized carbons (Fsp3) is 0.308. The summed E-state index contributed by atoms with van der Waals surface area (Å²) in [5.41, 5.74) is 0.455. The summed E-state index contributed by atoms with van der Waals surface area (Å²) < 4.78 is 26.7. The van der Waals surface area contributed by atoms with Gasteiger partial charge < -0.3 is 21.9 Å². The quantitative estimate of drug-likeness (QED) is 0.663. The molecular formula is C13H16ClFN4O2S. The van der Waals surface area contributed by atoms with Crippen molar-refractivity contribution in [2.75, 3.05) is 25.2 Å². The summed E-state index contributed by atoms with van der Waals surface area (Å²) in [6, 6.07) is 6.91.